The molecular formula is C18H16FN3O3. The second-order valence-corrected chi connectivity index (χ2v) is 5.72. The van der Waals surface area contributed by atoms with E-state index < -0.39 is 16.3 Å². The average molecular weight is 341 g/mol. The first-order valence-corrected chi connectivity index (χ1v) is 7.92. The van der Waals surface area contributed by atoms with Crippen LogP contribution in [0.3, 0.4) is 0 Å². The summed E-state index contributed by atoms with van der Waals surface area (Å²) >= 11 is 0. The molecule has 3 rings (SSSR count). The van der Waals surface area contributed by atoms with Crippen molar-refractivity contribution in [2.45, 2.75) is 26.3 Å². The summed E-state index contributed by atoms with van der Waals surface area (Å²) in [7, 11) is 0. The zero-order chi connectivity index (χ0) is 18.0. The van der Waals surface area contributed by atoms with Crippen LogP contribution in [0.2, 0.25) is 0 Å². The number of hydrogen-bond donors (Lipinski definition) is 0. The molecule has 0 saturated heterocycles. The van der Waals surface area contributed by atoms with E-state index in [1.54, 1.807) is 18.2 Å². The summed E-state index contributed by atoms with van der Waals surface area (Å²) in [5, 5.41) is 11.1. The van der Waals surface area contributed by atoms with E-state index in [9.17, 15) is 19.3 Å². The Bertz CT molecular complexity index is 1010. The molecule has 0 saturated carbocycles. The van der Waals surface area contributed by atoms with Crippen LogP contribution in [0.1, 0.15) is 24.7 Å². The molecule has 1 aromatic heterocycles. The fourth-order valence-electron chi connectivity index (χ4n) is 2.74. The van der Waals surface area contributed by atoms with Crippen LogP contribution in [-0.4, -0.2) is 14.5 Å². The number of nitrogens with zero attached hydrogens (tertiary/aromatic N) is 3. The van der Waals surface area contributed by atoms with Gasteiger partial charge in [-0.05, 0) is 18.6 Å². The molecule has 0 aliphatic carbocycles. The van der Waals surface area contributed by atoms with Gasteiger partial charge in [0.25, 0.3) is 11.2 Å². The van der Waals surface area contributed by atoms with Gasteiger partial charge in [-0.1, -0.05) is 25.1 Å². The first-order valence-electron chi connectivity index (χ1n) is 7.92. The maximum Gasteiger partial charge on any atom is 0.270 e. The molecule has 128 valence electrons. The van der Waals surface area contributed by atoms with Gasteiger partial charge in [0.05, 0.1) is 22.4 Å². The van der Waals surface area contributed by atoms with Crippen molar-refractivity contribution >= 4 is 16.6 Å². The number of aromatic nitrogens is 2. The first-order chi connectivity index (χ1) is 12.0. The number of fused-ring (bicyclic) bond motifs is 1. The monoisotopic (exact) mass is 341 g/mol. The molecule has 0 unspecified atom stereocenters. The van der Waals surface area contributed by atoms with Gasteiger partial charge in [-0.15, -0.1) is 0 Å². The lowest BCUT2D eigenvalue weighted by Crippen LogP contribution is -2.26. The van der Waals surface area contributed by atoms with Gasteiger partial charge in [0.15, 0.2) is 0 Å². The third kappa shape index (κ3) is 3.26. The smallest absolute Gasteiger partial charge is 0.270 e. The van der Waals surface area contributed by atoms with E-state index in [4.69, 9.17) is 0 Å². The molecule has 0 fully saturated rings. The summed E-state index contributed by atoms with van der Waals surface area (Å²) < 4.78 is 15.4. The third-order valence-electron chi connectivity index (χ3n) is 3.99. The second kappa shape index (κ2) is 6.80. The average Bonchev–Trinajstić information content (AvgIpc) is 2.59. The van der Waals surface area contributed by atoms with E-state index >= 15 is 0 Å². The molecule has 0 N–H and O–H groups in total. The van der Waals surface area contributed by atoms with Crippen molar-refractivity contribution < 1.29 is 9.31 Å². The maximum absolute atomic E-state index is 14.0. The van der Waals surface area contributed by atoms with Crippen molar-refractivity contribution in [3.8, 4) is 0 Å². The van der Waals surface area contributed by atoms with Crippen molar-refractivity contribution in [1.29, 1.82) is 0 Å². The molecule has 0 amide bonds. The quantitative estimate of drug-likeness (QED) is 0.526. The fraction of sp³-hybridized carbons (Fsp3) is 0.222. The summed E-state index contributed by atoms with van der Waals surface area (Å²) in [6.07, 6.45) is 1.32. The minimum absolute atomic E-state index is 0.0342. The van der Waals surface area contributed by atoms with Crippen molar-refractivity contribution in [2.24, 2.45) is 0 Å². The highest BCUT2D eigenvalue weighted by atomic mass is 19.1. The van der Waals surface area contributed by atoms with E-state index in [1.807, 2.05) is 6.92 Å². The van der Waals surface area contributed by atoms with E-state index in [0.29, 0.717) is 23.3 Å². The van der Waals surface area contributed by atoms with Gasteiger partial charge in [0.1, 0.15) is 11.6 Å². The molecule has 0 atom stereocenters. The summed E-state index contributed by atoms with van der Waals surface area (Å²) in [4.78, 5) is 27.8. The van der Waals surface area contributed by atoms with E-state index in [-0.39, 0.29) is 17.6 Å². The van der Waals surface area contributed by atoms with Gasteiger partial charge in [0, 0.05) is 24.1 Å². The molecule has 3 aromatic rings. The highest BCUT2D eigenvalue weighted by molar-refractivity contribution is 5.80. The minimum Gasteiger partial charge on any atom is -0.292 e. The second-order valence-electron chi connectivity index (χ2n) is 5.72. The van der Waals surface area contributed by atoms with E-state index in [1.165, 1.54) is 28.8 Å². The molecule has 2 aromatic carbocycles. The molecule has 0 bridgehead atoms. The first kappa shape index (κ1) is 16.8. The van der Waals surface area contributed by atoms with Crippen molar-refractivity contribution in [2.75, 3.05) is 0 Å². The van der Waals surface area contributed by atoms with Gasteiger partial charge in [-0.3, -0.25) is 19.5 Å². The molecule has 0 aliphatic rings. The van der Waals surface area contributed by atoms with Gasteiger partial charge in [-0.2, -0.15) is 0 Å². The summed E-state index contributed by atoms with van der Waals surface area (Å²) in [5.41, 5.74) is 0.199. The Kier molecular flexibility index (Phi) is 4.56. The molecular weight excluding hydrogens is 325 g/mol. The Labute approximate surface area is 142 Å². The molecule has 7 heteroatoms. The molecule has 0 radical (unpaired) electrons. The number of rotatable bonds is 5. The Morgan fingerprint density at radius 1 is 1.24 bits per heavy atom. The van der Waals surface area contributed by atoms with Gasteiger partial charge >= 0.3 is 0 Å². The van der Waals surface area contributed by atoms with Gasteiger partial charge in [0.2, 0.25) is 0 Å². The van der Waals surface area contributed by atoms with Crippen LogP contribution in [0.4, 0.5) is 10.1 Å². The van der Waals surface area contributed by atoms with Crippen LogP contribution in [0.15, 0.2) is 47.3 Å². The lowest BCUT2D eigenvalue weighted by Gasteiger charge is -2.13. The zero-order valence-electron chi connectivity index (χ0n) is 13.6. The number of nitro benzene ring substituents is 1. The number of benzene rings is 2. The Morgan fingerprint density at radius 2 is 2.00 bits per heavy atom. The lowest BCUT2D eigenvalue weighted by molar-refractivity contribution is -0.384. The van der Waals surface area contributed by atoms with Crippen LogP contribution in [0.5, 0.6) is 0 Å². The van der Waals surface area contributed by atoms with E-state index in [2.05, 4.69) is 4.98 Å². The number of nitro groups is 1. The fourth-order valence-corrected chi connectivity index (χ4v) is 2.74. The van der Waals surface area contributed by atoms with Crippen molar-refractivity contribution in [1.82, 2.24) is 9.55 Å². The number of halogens is 1. The van der Waals surface area contributed by atoms with Crippen LogP contribution < -0.4 is 5.56 Å². The van der Waals surface area contributed by atoms with Crippen LogP contribution >= 0.6 is 0 Å². The number of non-ortho nitro benzene ring substituents is 1. The SMILES string of the molecule is CCCc1nc2ccc([N+](=O)[O-])cc2c(=O)n1Cc1ccccc1F. The normalized spacial score (nSPS) is 11.0. The largest absolute Gasteiger partial charge is 0.292 e. The molecule has 25 heavy (non-hydrogen) atoms. The summed E-state index contributed by atoms with van der Waals surface area (Å²) in [6, 6.07) is 10.2. The number of hydrogen-bond acceptors (Lipinski definition) is 4. The Hall–Kier alpha value is -3.09. The number of aryl methyl sites for hydroxylation is 1. The molecule has 0 aliphatic heterocycles. The van der Waals surface area contributed by atoms with Gasteiger partial charge in [-0.25, -0.2) is 9.37 Å². The topological polar surface area (TPSA) is 78.0 Å². The van der Waals surface area contributed by atoms with Crippen molar-refractivity contribution in [3.05, 3.63) is 80.1 Å². The maximum atomic E-state index is 14.0. The van der Waals surface area contributed by atoms with Crippen LogP contribution in [0.25, 0.3) is 10.9 Å². The summed E-state index contributed by atoms with van der Waals surface area (Å²) in [5.74, 6) is 0.132. The molecule has 1 heterocycles. The highest BCUT2D eigenvalue weighted by Gasteiger charge is 2.15. The van der Waals surface area contributed by atoms with Crippen molar-refractivity contribution in [3.63, 3.8) is 0 Å². The van der Waals surface area contributed by atoms with Crippen LogP contribution in [0, 0.1) is 15.9 Å². The predicted octanol–water partition coefficient (Wildman–Crippen LogP) is 3.44. The molecule has 0 spiro atoms. The highest BCUT2D eigenvalue weighted by Crippen LogP contribution is 2.18. The van der Waals surface area contributed by atoms with Crippen LogP contribution in [-0.2, 0) is 13.0 Å². The minimum atomic E-state index is -0.556. The molecule has 6 nitrogen and oxygen atoms in total. The standard InChI is InChI=1S/C18H16FN3O3/c1-2-5-17-20-16-9-8-13(22(24)25)10-14(16)18(23)21(17)11-12-6-3-4-7-15(12)19/h3-4,6-10H,2,5,11H2,1H3. The summed E-state index contributed by atoms with van der Waals surface area (Å²) in [6.45, 7) is 1.99. The zero-order valence-corrected chi connectivity index (χ0v) is 13.6. The Balaban J connectivity index is 2.22. The predicted molar refractivity (Wildman–Crippen MR) is 92.2 cm³/mol. The Morgan fingerprint density at radius 3 is 2.68 bits per heavy atom. The lowest BCUT2D eigenvalue weighted by atomic mass is 10.1. The third-order valence-corrected chi connectivity index (χ3v) is 3.99. The van der Waals surface area contributed by atoms with E-state index in [0.717, 1.165) is 6.42 Å². The van der Waals surface area contributed by atoms with Gasteiger partial charge < -0.3 is 0 Å².